The Bertz CT molecular complexity index is 420. The van der Waals surface area contributed by atoms with E-state index in [9.17, 15) is 4.79 Å². The minimum Gasteiger partial charge on any atom is -0.335 e. The molecule has 0 aliphatic rings. The number of rotatable bonds is 5. The van der Waals surface area contributed by atoms with E-state index in [2.05, 4.69) is 5.92 Å². The second-order valence-electron chi connectivity index (χ2n) is 4.56. The van der Waals surface area contributed by atoms with Crippen LogP contribution >= 0.6 is 0 Å². The molecule has 0 saturated carbocycles. The number of hydrogen-bond donors (Lipinski definition) is 1. The molecule has 0 bridgehead atoms. The zero-order valence-corrected chi connectivity index (χ0v) is 11.0. The first kappa shape index (κ1) is 14.3. The maximum Gasteiger partial charge on any atom is 0.241 e. The number of benzene rings is 1. The molecule has 1 rings (SSSR count). The molecule has 3 heteroatoms. The molecule has 0 radical (unpaired) electrons. The number of terminal acetylenes is 1. The summed E-state index contributed by atoms with van der Waals surface area (Å²) in [5.41, 5.74) is 6.88. The van der Waals surface area contributed by atoms with Crippen molar-refractivity contribution in [2.45, 2.75) is 38.9 Å². The topological polar surface area (TPSA) is 46.3 Å². The average molecular weight is 244 g/mol. The standard InChI is InChI=1S/C15H20N2O/c1-4-8-14(16)15(18)17(12(2)3)11-13-9-6-5-7-10-13/h1,5-7,9-10,12,14H,8,11,16H2,2-3H3. The van der Waals surface area contributed by atoms with Crippen LogP contribution in [0.3, 0.4) is 0 Å². The van der Waals surface area contributed by atoms with Gasteiger partial charge in [0.15, 0.2) is 0 Å². The molecule has 1 atom stereocenters. The first-order valence-electron chi connectivity index (χ1n) is 6.09. The summed E-state index contributed by atoms with van der Waals surface area (Å²) in [5.74, 6) is 2.34. The normalized spacial score (nSPS) is 11.9. The van der Waals surface area contributed by atoms with Crippen molar-refractivity contribution in [2.24, 2.45) is 5.73 Å². The predicted molar refractivity (Wildman–Crippen MR) is 73.6 cm³/mol. The van der Waals surface area contributed by atoms with Gasteiger partial charge in [0.05, 0.1) is 6.04 Å². The van der Waals surface area contributed by atoms with Gasteiger partial charge in [0.1, 0.15) is 0 Å². The molecule has 0 saturated heterocycles. The summed E-state index contributed by atoms with van der Waals surface area (Å²) in [6, 6.07) is 9.35. The molecule has 1 amide bonds. The van der Waals surface area contributed by atoms with Gasteiger partial charge < -0.3 is 10.6 Å². The van der Waals surface area contributed by atoms with Crippen molar-refractivity contribution in [3.63, 3.8) is 0 Å². The fourth-order valence-electron chi connectivity index (χ4n) is 1.72. The largest absolute Gasteiger partial charge is 0.335 e. The Labute approximate surface area is 109 Å². The van der Waals surface area contributed by atoms with E-state index in [1.165, 1.54) is 0 Å². The third-order valence-corrected chi connectivity index (χ3v) is 2.76. The van der Waals surface area contributed by atoms with Gasteiger partial charge >= 0.3 is 0 Å². The summed E-state index contributed by atoms with van der Waals surface area (Å²) in [6.07, 6.45) is 5.47. The SMILES string of the molecule is C#CCC(N)C(=O)N(Cc1ccccc1)C(C)C. The summed E-state index contributed by atoms with van der Waals surface area (Å²) >= 11 is 0. The minimum atomic E-state index is -0.610. The van der Waals surface area contributed by atoms with Crippen molar-refractivity contribution in [2.75, 3.05) is 0 Å². The Kier molecular flexibility index (Phi) is 5.41. The first-order chi connectivity index (χ1) is 8.56. The molecule has 0 aliphatic heterocycles. The quantitative estimate of drug-likeness (QED) is 0.802. The van der Waals surface area contributed by atoms with E-state index in [4.69, 9.17) is 12.2 Å². The van der Waals surface area contributed by atoms with Crippen LogP contribution in [0.2, 0.25) is 0 Å². The first-order valence-corrected chi connectivity index (χ1v) is 6.09. The van der Waals surface area contributed by atoms with Crippen LogP contribution in [0.15, 0.2) is 30.3 Å². The summed E-state index contributed by atoms with van der Waals surface area (Å²) in [7, 11) is 0. The van der Waals surface area contributed by atoms with E-state index in [0.717, 1.165) is 5.56 Å². The highest BCUT2D eigenvalue weighted by Crippen LogP contribution is 2.10. The van der Waals surface area contributed by atoms with Gasteiger partial charge in [-0.05, 0) is 19.4 Å². The molecule has 0 aromatic heterocycles. The zero-order valence-electron chi connectivity index (χ0n) is 11.0. The maximum absolute atomic E-state index is 12.2. The molecule has 1 aromatic carbocycles. The number of hydrogen-bond acceptors (Lipinski definition) is 2. The third kappa shape index (κ3) is 3.90. The Hall–Kier alpha value is -1.79. The van der Waals surface area contributed by atoms with E-state index in [-0.39, 0.29) is 18.4 Å². The van der Waals surface area contributed by atoms with Crippen LogP contribution < -0.4 is 5.73 Å². The molecule has 0 fully saturated rings. The number of nitrogens with zero attached hydrogens (tertiary/aromatic N) is 1. The molecule has 1 aromatic rings. The van der Waals surface area contributed by atoms with E-state index in [1.54, 1.807) is 4.90 Å². The van der Waals surface area contributed by atoms with E-state index in [1.807, 2.05) is 44.2 Å². The van der Waals surface area contributed by atoms with Gasteiger partial charge in [-0.1, -0.05) is 30.3 Å². The highest BCUT2D eigenvalue weighted by molar-refractivity contribution is 5.82. The van der Waals surface area contributed by atoms with Crippen LogP contribution in [-0.2, 0) is 11.3 Å². The van der Waals surface area contributed by atoms with Gasteiger partial charge in [-0.2, -0.15) is 0 Å². The predicted octanol–water partition coefficient (Wildman–Crippen LogP) is 1.77. The smallest absolute Gasteiger partial charge is 0.241 e. The van der Waals surface area contributed by atoms with Crippen LogP contribution in [0.1, 0.15) is 25.8 Å². The van der Waals surface area contributed by atoms with Crippen LogP contribution in [0, 0.1) is 12.3 Å². The monoisotopic (exact) mass is 244 g/mol. The minimum absolute atomic E-state index is 0.0909. The van der Waals surface area contributed by atoms with Crippen molar-refractivity contribution in [3.05, 3.63) is 35.9 Å². The van der Waals surface area contributed by atoms with Crippen LogP contribution in [0.4, 0.5) is 0 Å². The number of nitrogens with two attached hydrogens (primary N) is 1. The summed E-state index contributed by atoms with van der Waals surface area (Å²) < 4.78 is 0. The highest BCUT2D eigenvalue weighted by atomic mass is 16.2. The van der Waals surface area contributed by atoms with E-state index in [0.29, 0.717) is 6.54 Å². The van der Waals surface area contributed by atoms with Gasteiger partial charge in [0.2, 0.25) is 5.91 Å². The molecule has 1 unspecified atom stereocenters. The van der Waals surface area contributed by atoms with Crippen molar-refractivity contribution < 1.29 is 4.79 Å². The van der Waals surface area contributed by atoms with Crippen LogP contribution in [-0.4, -0.2) is 22.9 Å². The lowest BCUT2D eigenvalue weighted by Gasteiger charge is -2.29. The van der Waals surface area contributed by atoms with E-state index < -0.39 is 6.04 Å². The Morgan fingerprint density at radius 3 is 2.50 bits per heavy atom. The number of carbonyl (C=O) groups is 1. The molecule has 0 spiro atoms. The van der Waals surface area contributed by atoms with Crippen LogP contribution in [0.25, 0.3) is 0 Å². The lowest BCUT2D eigenvalue weighted by molar-refractivity contribution is -0.134. The van der Waals surface area contributed by atoms with Crippen molar-refractivity contribution in [1.29, 1.82) is 0 Å². The van der Waals surface area contributed by atoms with E-state index >= 15 is 0 Å². The van der Waals surface area contributed by atoms with Crippen molar-refractivity contribution in [1.82, 2.24) is 4.90 Å². The number of amides is 1. The Morgan fingerprint density at radius 1 is 1.39 bits per heavy atom. The highest BCUT2D eigenvalue weighted by Gasteiger charge is 2.22. The second-order valence-corrected chi connectivity index (χ2v) is 4.56. The van der Waals surface area contributed by atoms with Gasteiger partial charge in [-0.3, -0.25) is 4.79 Å². The van der Waals surface area contributed by atoms with Gasteiger partial charge in [-0.15, -0.1) is 12.3 Å². The summed E-state index contributed by atoms with van der Waals surface area (Å²) in [6.45, 7) is 4.52. The van der Waals surface area contributed by atoms with Crippen LogP contribution in [0.5, 0.6) is 0 Å². The molecule has 18 heavy (non-hydrogen) atoms. The molecule has 2 N–H and O–H groups in total. The average Bonchev–Trinajstić information content (AvgIpc) is 2.36. The maximum atomic E-state index is 12.2. The molecular formula is C15H20N2O. The summed E-state index contributed by atoms with van der Waals surface area (Å²) in [4.78, 5) is 13.9. The molecule has 0 aliphatic carbocycles. The molecule has 96 valence electrons. The fraction of sp³-hybridized carbons (Fsp3) is 0.400. The Balaban J connectivity index is 2.78. The van der Waals surface area contributed by atoms with Gasteiger partial charge in [-0.25, -0.2) is 0 Å². The van der Waals surface area contributed by atoms with Crippen molar-refractivity contribution >= 4 is 5.91 Å². The van der Waals surface area contributed by atoms with Gasteiger partial charge in [0.25, 0.3) is 0 Å². The second kappa shape index (κ2) is 6.83. The fourth-order valence-corrected chi connectivity index (χ4v) is 1.72. The third-order valence-electron chi connectivity index (χ3n) is 2.76. The molecule has 3 nitrogen and oxygen atoms in total. The molecule has 0 heterocycles. The van der Waals surface area contributed by atoms with Crippen molar-refractivity contribution in [3.8, 4) is 12.3 Å². The Morgan fingerprint density at radius 2 is 2.00 bits per heavy atom. The molecular weight excluding hydrogens is 224 g/mol. The lowest BCUT2D eigenvalue weighted by Crippen LogP contribution is -2.46. The zero-order chi connectivity index (χ0) is 13.5. The number of carbonyl (C=O) groups excluding carboxylic acids is 1. The summed E-state index contributed by atoms with van der Waals surface area (Å²) in [5, 5.41) is 0. The van der Waals surface area contributed by atoms with Gasteiger partial charge in [0, 0.05) is 19.0 Å². The lowest BCUT2D eigenvalue weighted by atomic mass is 10.1.